The third-order valence-corrected chi connectivity index (χ3v) is 4.76. The Hall–Kier alpha value is -1.25. The highest BCUT2D eigenvalue weighted by Gasteiger charge is 2.09. The van der Waals surface area contributed by atoms with Gasteiger partial charge in [0.2, 0.25) is 0 Å². The fourth-order valence-electron chi connectivity index (χ4n) is 1.71. The molecule has 0 unspecified atom stereocenters. The Morgan fingerprint density at radius 3 is 2.38 bits per heavy atom. The Morgan fingerprint density at radius 2 is 1.71 bits per heavy atom. The molecule has 0 aliphatic carbocycles. The molecule has 0 saturated heterocycles. The van der Waals surface area contributed by atoms with Crippen LogP contribution in [0, 0.1) is 15.0 Å². The van der Waals surface area contributed by atoms with Gasteiger partial charge in [0, 0.05) is 5.56 Å². The molecule has 3 heteroatoms. The van der Waals surface area contributed by atoms with Gasteiger partial charge in [0.05, 0.1) is 3.57 Å². The topological polar surface area (TPSA) is 9.23 Å². The lowest BCUT2D eigenvalue weighted by Gasteiger charge is -2.10. The van der Waals surface area contributed by atoms with E-state index >= 15 is 0 Å². The molecule has 0 N–H and O–H groups in total. The summed E-state index contributed by atoms with van der Waals surface area (Å²) in [6.45, 7) is 7.34. The number of rotatable bonds is 3. The standard InChI is InChI=1S/C18H19IOSi/c1-21(2,3)13-12-16-10-7-11-17(18(16)19)20-14-15-8-5-4-6-9-15/h4-11H,14H2,1-3H3. The SMILES string of the molecule is C[Si](C)(C)C#Cc1cccc(OCc2ccccc2)c1I. The van der Waals surface area contributed by atoms with Gasteiger partial charge in [-0.1, -0.05) is 62.0 Å². The molecule has 0 aliphatic heterocycles. The number of benzene rings is 2. The fourth-order valence-corrected chi connectivity index (χ4v) is 2.87. The van der Waals surface area contributed by atoms with Crippen molar-refractivity contribution in [2.75, 3.05) is 0 Å². The van der Waals surface area contributed by atoms with E-state index in [2.05, 4.69) is 71.9 Å². The number of halogens is 1. The van der Waals surface area contributed by atoms with Gasteiger partial charge in [0.1, 0.15) is 20.4 Å². The fraction of sp³-hybridized carbons (Fsp3) is 0.222. The Morgan fingerprint density at radius 1 is 1.00 bits per heavy atom. The summed E-state index contributed by atoms with van der Waals surface area (Å²) in [5, 5.41) is 0. The second-order valence-corrected chi connectivity index (χ2v) is 11.7. The average molecular weight is 406 g/mol. The molecule has 2 aromatic rings. The molecule has 0 saturated carbocycles. The van der Waals surface area contributed by atoms with Gasteiger partial charge >= 0.3 is 0 Å². The lowest BCUT2D eigenvalue weighted by molar-refractivity contribution is 0.304. The minimum atomic E-state index is -1.36. The van der Waals surface area contributed by atoms with E-state index in [4.69, 9.17) is 4.74 Å². The highest BCUT2D eigenvalue weighted by Crippen LogP contribution is 2.25. The predicted molar refractivity (Wildman–Crippen MR) is 100 cm³/mol. The highest BCUT2D eigenvalue weighted by molar-refractivity contribution is 14.1. The first kappa shape index (κ1) is 16.1. The second kappa shape index (κ2) is 7.14. The lowest BCUT2D eigenvalue weighted by atomic mass is 10.2. The van der Waals surface area contributed by atoms with Crippen LogP contribution in [0.1, 0.15) is 11.1 Å². The molecule has 0 atom stereocenters. The zero-order valence-electron chi connectivity index (χ0n) is 12.6. The van der Waals surface area contributed by atoms with Crippen molar-refractivity contribution in [1.82, 2.24) is 0 Å². The summed E-state index contributed by atoms with van der Waals surface area (Å²) in [6, 6.07) is 16.3. The summed E-state index contributed by atoms with van der Waals surface area (Å²) < 4.78 is 7.03. The monoisotopic (exact) mass is 406 g/mol. The smallest absolute Gasteiger partial charge is 0.134 e. The van der Waals surface area contributed by atoms with Gasteiger partial charge in [-0.05, 0) is 40.3 Å². The first-order chi connectivity index (χ1) is 9.96. The minimum Gasteiger partial charge on any atom is -0.488 e. The van der Waals surface area contributed by atoms with Crippen LogP contribution < -0.4 is 4.74 Å². The summed E-state index contributed by atoms with van der Waals surface area (Å²) in [6.07, 6.45) is 0. The van der Waals surface area contributed by atoms with Crippen molar-refractivity contribution in [3.63, 3.8) is 0 Å². The summed E-state index contributed by atoms with van der Waals surface area (Å²) in [7, 11) is -1.36. The largest absolute Gasteiger partial charge is 0.488 e. The maximum Gasteiger partial charge on any atom is 0.134 e. The van der Waals surface area contributed by atoms with Crippen molar-refractivity contribution in [3.8, 4) is 17.2 Å². The molecule has 0 amide bonds. The van der Waals surface area contributed by atoms with E-state index in [0.29, 0.717) is 6.61 Å². The molecular weight excluding hydrogens is 387 g/mol. The molecule has 0 aliphatic rings. The van der Waals surface area contributed by atoms with Crippen LogP contribution in [-0.4, -0.2) is 8.07 Å². The van der Waals surface area contributed by atoms with Crippen LogP contribution in [-0.2, 0) is 6.61 Å². The van der Waals surface area contributed by atoms with Crippen LogP contribution in [0.3, 0.4) is 0 Å². The Kier molecular flexibility index (Phi) is 5.49. The van der Waals surface area contributed by atoms with Gasteiger partial charge in [-0.2, -0.15) is 0 Å². The van der Waals surface area contributed by atoms with E-state index in [-0.39, 0.29) is 0 Å². The minimum absolute atomic E-state index is 0.585. The first-order valence-electron chi connectivity index (χ1n) is 6.94. The van der Waals surface area contributed by atoms with Gasteiger partial charge < -0.3 is 4.74 Å². The molecule has 21 heavy (non-hydrogen) atoms. The third-order valence-electron chi connectivity index (χ3n) is 2.77. The Balaban J connectivity index is 2.16. The number of ether oxygens (including phenoxy) is 1. The third kappa shape index (κ3) is 5.22. The van der Waals surface area contributed by atoms with Crippen molar-refractivity contribution >= 4 is 30.7 Å². The van der Waals surface area contributed by atoms with E-state index in [1.54, 1.807) is 0 Å². The zero-order chi connectivity index (χ0) is 15.3. The molecule has 0 radical (unpaired) electrons. The van der Waals surface area contributed by atoms with Crippen molar-refractivity contribution in [2.45, 2.75) is 26.2 Å². The predicted octanol–water partition coefficient (Wildman–Crippen LogP) is 5.10. The molecule has 0 bridgehead atoms. The number of hydrogen-bond donors (Lipinski definition) is 0. The van der Waals surface area contributed by atoms with E-state index in [1.165, 1.54) is 5.56 Å². The van der Waals surface area contributed by atoms with Gasteiger partial charge in [0.25, 0.3) is 0 Å². The summed E-state index contributed by atoms with van der Waals surface area (Å²) in [4.78, 5) is 0. The molecular formula is C18H19IOSi. The summed E-state index contributed by atoms with van der Waals surface area (Å²) in [5.41, 5.74) is 5.64. The van der Waals surface area contributed by atoms with E-state index < -0.39 is 8.07 Å². The number of hydrogen-bond acceptors (Lipinski definition) is 1. The molecule has 0 spiro atoms. The van der Waals surface area contributed by atoms with Crippen LogP contribution >= 0.6 is 22.6 Å². The maximum atomic E-state index is 5.93. The molecule has 0 heterocycles. The van der Waals surface area contributed by atoms with Crippen LogP contribution in [0.25, 0.3) is 0 Å². The molecule has 1 nitrogen and oxygen atoms in total. The van der Waals surface area contributed by atoms with Crippen molar-refractivity contribution < 1.29 is 4.74 Å². The summed E-state index contributed by atoms with van der Waals surface area (Å²) in [5.74, 6) is 4.22. The highest BCUT2D eigenvalue weighted by atomic mass is 127. The average Bonchev–Trinajstić information content (AvgIpc) is 2.45. The van der Waals surface area contributed by atoms with Gasteiger partial charge in [-0.15, -0.1) is 5.54 Å². The Labute approximate surface area is 141 Å². The summed E-state index contributed by atoms with van der Waals surface area (Å²) >= 11 is 2.32. The zero-order valence-corrected chi connectivity index (χ0v) is 15.8. The van der Waals surface area contributed by atoms with Crippen LogP contribution in [0.15, 0.2) is 48.5 Å². The normalized spacial score (nSPS) is 10.7. The van der Waals surface area contributed by atoms with Gasteiger partial charge in [-0.3, -0.25) is 0 Å². The lowest BCUT2D eigenvalue weighted by Crippen LogP contribution is -2.16. The first-order valence-corrected chi connectivity index (χ1v) is 11.5. The van der Waals surface area contributed by atoms with E-state index in [9.17, 15) is 0 Å². The van der Waals surface area contributed by atoms with E-state index in [0.717, 1.165) is 14.9 Å². The van der Waals surface area contributed by atoms with Gasteiger partial charge in [-0.25, -0.2) is 0 Å². The van der Waals surface area contributed by atoms with E-state index in [1.807, 2.05) is 30.3 Å². The van der Waals surface area contributed by atoms with Crippen molar-refractivity contribution in [1.29, 1.82) is 0 Å². The quantitative estimate of drug-likeness (QED) is 0.392. The van der Waals surface area contributed by atoms with Gasteiger partial charge in [0.15, 0.2) is 0 Å². The van der Waals surface area contributed by atoms with Crippen molar-refractivity contribution in [2.24, 2.45) is 0 Å². The molecule has 0 fully saturated rings. The Bertz CT molecular complexity index is 663. The molecule has 2 rings (SSSR count). The molecule has 2 aromatic carbocycles. The second-order valence-electron chi connectivity index (χ2n) is 5.89. The van der Waals surface area contributed by atoms with Crippen LogP contribution in [0.2, 0.25) is 19.6 Å². The van der Waals surface area contributed by atoms with Crippen molar-refractivity contribution in [3.05, 3.63) is 63.2 Å². The molecule has 0 aromatic heterocycles. The van der Waals surface area contributed by atoms with Crippen LogP contribution in [0.4, 0.5) is 0 Å². The maximum absolute atomic E-state index is 5.93. The van der Waals surface area contributed by atoms with Crippen LogP contribution in [0.5, 0.6) is 5.75 Å². The molecule has 108 valence electrons.